The lowest BCUT2D eigenvalue weighted by Gasteiger charge is -2.22. The summed E-state index contributed by atoms with van der Waals surface area (Å²) in [5.41, 5.74) is 16.4. The van der Waals surface area contributed by atoms with Gasteiger partial charge in [-0.1, -0.05) is 19.3 Å². The SMILES string of the molecule is C(CCCN(CCCCNCCCN1CC1)CCNCCCN1CC1)CCCN1CC1.NCCCCN(CCN)CCCN. The van der Waals surface area contributed by atoms with E-state index in [1.165, 1.54) is 162 Å². The maximum atomic E-state index is 5.51. The van der Waals surface area contributed by atoms with Crippen molar-refractivity contribution in [2.24, 2.45) is 17.2 Å². The van der Waals surface area contributed by atoms with E-state index in [4.69, 9.17) is 17.2 Å². The van der Waals surface area contributed by atoms with Crippen molar-refractivity contribution in [1.29, 1.82) is 0 Å². The molecule has 0 aromatic heterocycles. The van der Waals surface area contributed by atoms with Crippen LogP contribution in [-0.4, -0.2) is 168 Å². The van der Waals surface area contributed by atoms with E-state index in [0.29, 0.717) is 0 Å². The quantitative estimate of drug-likeness (QED) is 0.0540. The van der Waals surface area contributed by atoms with Gasteiger partial charge >= 0.3 is 0 Å². The first kappa shape index (κ1) is 39.8. The summed E-state index contributed by atoms with van der Waals surface area (Å²) in [7, 11) is 0. The lowest BCUT2D eigenvalue weighted by atomic mass is 10.1. The predicted octanol–water partition coefficient (Wildman–Crippen LogP) is 1.26. The summed E-state index contributed by atoms with van der Waals surface area (Å²) in [5.74, 6) is 0. The molecule has 0 bridgehead atoms. The van der Waals surface area contributed by atoms with Crippen LogP contribution in [-0.2, 0) is 0 Å². The molecule has 3 fully saturated rings. The lowest BCUT2D eigenvalue weighted by Crippen LogP contribution is -2.34. The first-order chi connectivity index (χ1) is 21.7. The normalized spacial score (nSPS) is 16.6. The smallest absolute Gasteiger partial charge is 0.0110 e. The minimum atomic E-state index is 0.729. The van der Waals surface area contributed by atoms with Crippen molar-refractivity contribution >= 4 is 0 Å². The second-order valence-electron chi connectivity index (χ2n) is 13.3. The molecule has 44 heavy (non-hydrogen) atoms. The maximum Gasteiger partial charge on any atom is 0.0110 e. The van der Waals surface area contributed by atoms with E-state index in [1.807, 2.05) is 0 Å². The van der Waals surface area contributed by atoms with Crippen molar-refractivity contribution < 1.29 is 0 Å². The Balaban J connectivity index is 0.000000439. The molecule has 3 rings (SSSR count). The summed E-state index contributed by atoms with van der Waals surface area (Å²) in [6.07, 6.45) is 15.7. The van der Waals surface area contributed by atoms with Crippen molar-refractivity contribution in [2.75, 3.05) is 144 Å². The number of hydrogen-bond donors (Lipinski definition) is 5. The van der Waals surface area contributed by atoms with Crippen LogP contribution in [0, 0.1) is 0 Å². The van der Waals surface area contributed by atoms with Crippen LogP contribution in [0.15, 0.2) is 0 Å². The number of nitrogens with one attached hydrogen (secondary N) is 2. The molecule has 262 valence electrons. The van der Waals surface area contributed by atoms with Gasteiger partial charge in [-0.2, -0.15) is 0 Å². The third-order valence-corrected chi connectivity index (χ3v) is 8.96. The fourth-order valence-electron chi connectivity index (χ4n) is 5.66. The molecule has 3 aliphatic heterocycles. The third-order valence-electron chi connectivity index (χ3n) is 8.96. The van der Waals surface area contributed by atoms with E-state index in [1.54, 1.807) is 0 Å². The zero-order chi connectivity index (χ0) is 31.3. The van der Waals surface area contributed by atoms with E-state index in [2.05, 4.69) is 35.1 Å². The van der Waals surface area contributed by atoms with Gasteiger partial charge in [-0.3, -0.25) is 0 Å². The number of nitrogens with two attached hydrogens (primary N) is 3. The van der Waals surface area contributed by atoms with Crippen LogP contribution in [0.5, 0.6) is 0 Å². The van der Waals surface area contributed by atoms with Crippen molar-refractivity contribution in [3.05, 3.63) is 0 Å². The van der Waals surface area contributed by atoms with Crippen LogP contribution in [0.3, 0.4) is 0 Å². The molecule has 0 unspecified atom stereocenters. The fourth-order valence-corrected chi connectivity index (χ4v) is 5.66. The largest absolute Gasteiger partial charge is 0.330 e. The molecular formula is C34H76N10. The van der Waals surface area contributed by atoms with Gasteiger partial charge in [-0.05, 0) is 136 Å². The minimum Gasteiger partial charge on any atom is -0.330 e. The first-order valence-corrected chi connectivity index (χ1v) is 18.9. The summed E-state index contributed by atoms with van der Waals surface area (Å²) < 4.78 is 0. The fraction of sp³-hybridized carbons (Fsp3) is 1.00. The Kier molecular flexibility index (Phi) is 26.0. The van der Waals surface area contributed by atoms with Crippen LogP contribution in [0.1, 0.15) is 77.0 Å². The van der Waals surface area contributed by atoms with Crippen LogP contribution in [0.4, 0.5) is 0 Å². The zero-order valence-electron chi connectivity index (χ0n) is 29.0. The van der Waals surface area contributed by atoms with Gasteiger partial charge in [0, 0.05) is 65.4 Å². The summed E-state index contributed by atoms with van der Waals surface area (Å²) in [6, 6.07) is 0. The van der Waals surface area contributed by atoms with Crippen LogP contribution in [0.25, 0.3) is 0 Å². The Hall–Kier alpha value is -0.400. The number of nitrogens with zero attached hydrogens (tertiary/aromatic N) is 5. The zero-order valence-corrected chi connectivity index (χ0v) is 29.0. The number of hydrogen-bond acceptors (Lipinski definition) is 10. The topological polar surface area (TPSA) is 118 Å². The van der Waals surface area contributed by atoms with Crippen molar-refractivity contribution in [1.82, 2.24) is 35.1 Å². The predicted molar refractivity (Wildman–Crippen MR) is 191 cm³/mol. The number of unbranched alkanes of at least 4 members (excludes halogenated alkanes) is 6. The Bertz CT molecular complexity index is 601. The standard InChI is InChI=1S/C25H52N6.C9H24N4/c1(3-6-15-29-20-21-29)2-5-14-28(19-13-27-12-9-18-31-24-25-31)16-7-4-10-26-11-8-17-30-22-23-30;10-4-1-2-7-13(9-6-12)8-3-5-11/h26-27H,1-25H2;1-12H2. The van der Waals surface area contributed by atoms with Gasteiger partial charge in [0.25, 0.3) is 0 Å². The van der Waals surface area contributed by atoms with Crippen LogP contribution < -0.4 is 27.8 Å². The molecule has 0 spiro atoms. The van der Waals surface area contributed by atoms with Gasteiger partial charge in [0.05, 0.1) is 0 Å². The Labute approximate surface area is 273 Å². The Morgan fingerprint density at radius 1 is 0.364 bits per heavy atom. The summed E-state index contributed by atoms with van der Waals surface area (Å²) in [5, 5.41) is 7.33. The molecule has 0 saturated carbocycles. The summed E-state index contributed by atoms with van der Waals surface area (Å²) >= 11 is 0. The third kappa shape index (κ3) is 26.8. The van der Waals surface area contributed by atoms with E-state index in [-0.39, 0.29) is 0 Å². The van der Waals surface area contributed by atoms with E-state index in [0.717, 1.165) is 58.7 Å². The first-order valence-electron chi connectivity index (χ1n) is 18.9. The van der Waals surface area contributed by atoms with Crippen LogP contribution in [0.2, 0.25) is 0 Å². The van der Waals surface area contributed by atoms with Gasteiger partial charge in [0.15, 0.2) is 0 Å². The Morgan fingerprint density at radius 2 is 0.795 bits per heavy atom. The second kappa shape index (κ2) is 28.8. The van der Waals surface area contributed by atoms with Crippen LogP contribution >= 0.6 is 0 Å². The number of rotatable bonds is 33. The molecule has 0 amide bonds. The second-order valence-corrected chi connectivity index (χ2v) is 13.3. The van der Waals surface area contributed by atoms with Gasteiger partial charge in [0.1, 0.15) is 0 Å². The molecular weight excluding hydrogens is 548 g/mol. The van der Waals surface area contributed by atoms with Crippen molar-refractivity contribution in [2.45, 2.75) is 77.0 Å². The average Bonchev–Trinajstić information content (AvgIpc) is 3.86. The molecule has 10 nitrogen and oxygen atoms in total. The highest BCUT2D eigenvalue weighted by Crippen LogP contribution is 2.10. The highest BCUT2D eigenvalue weighted by Gasteiger charge is 2.16. The molecule has 10 heteroatoms. The van der Waals surface area contributed by atoms with E-state index < -0.39 is 0 Å². The molecule has 0 atom stereocenters. The minimum absolute atomic E-state index is 0.729. The molecule has 0 radical (unpaired) electrons. The molecule has 3 heterocycles. The molecule has 3 aliphatic rings. The van der Waals surface area contributed by atoms with Crippen molar-refractivity contribution in [3.8, 4) is 0 Å². The van der Waals surface area contributed by atoms with Crippen molar-refractivity contribution in [3.63, 3.8) is 0 Å². The van der Waals surface area contributed by atoms with E-state index in [9.17, 15) is 0 Å². The van der Waals surface area contributed by atoms with Gasteiger partial charge in [-0.15, -0.1) is 0 Å². The van der Waals surface area contributed by atoms with Gasteiger partial charge in [-0.25, -0.2) is 0 Å². The maximum absolute atomic E-state index is 5.51. The summed E-state index contributed by atoms with van der Waals surface area (Å²) in [6.45, 7) is 25.9. The van der Waals surface area contributed by atoms with E-state index >= 15 is 0 Å². The molecule has 0 aromatic rings. The Morgan fingerprint density at radius 3 is 1.36 bits per heavy atom. The summed E-state index contributed by atoms with van der Waals surface area (Å²) in [4.78, 5) is 12.7. The lowest BCUT2D eigenvalue weighted by molar-refractivity contribution is 0.260. The molecule has 8 N–H and O–H groups in total. The highest BCUT2D eigenvalue weighted by molar-refractivity contribution is 4.73. The molecule has 3 saturated heterocycles. The molecule has 0 aliphatic carbocycles. The average molecular weight is 625 g/mol. The monoisotopic (exact) mass is 625 g/mol. The van der Waals surface area contributed by atoms with Gasteiger partial charge in [0.2, 0.25) is 0 Å². The van der Waals surface area contributed by atoms with Gasteiger partial charge < -0.3 is 52.3 Å². The molecule has 0 aromatic carbocycles. The highest BCUT2D eigenvalue weighted by atomic mass is 15.3.